The topological polar surface area (TPSA) is 53.1 Å². The Labute approximate surface area is 67.1 Å². The molecule has 0 atom stereocenters. The van der Waals surface area contributed by atoms with Gasteiger partial charge in [-0.2, -0.15) is 0 Å². The number of nitrogens with zero attached hydrogens (tertiary/aromatic N) is 1. The predicted octanol–water partition coefficient (Wildman–Crippen LogP) is 0.408. The van der Waals surface area contributed by atoms with Crippen molar-refractivity contribution in [1.82, 2.24) is 4.90 Å². The van der Waals surface area contributed by atoms with Crippen molar-refractivity contribution in [3.8, 4) is 0 Å². The van der Waals surface area contributed by atoms with Gasteiger partial charge < -0.3 is 10.6 Å². The third-order valence-corrected chi connectivity index (χ3v) is 3.29. The highest BCUT2D eigenvalue weighted by Gasteiger charge is 2.41. The molecule has 62 valence electrons. The maximum atomic E-state index is 7.52. The molecule has 11 heavy (non-hydrogen) atoms. The van der Waals surface area contributed by atoms with Crippen LogP contribution in [0.5, 0.6) is 0 Å². The molecule has 0 aromatic carbocycles. The van der Waals surface area contributed by atoms with Gasteiger partial charge >= 0.3 is 0 Å². The van der Waals surface area contributed by atoms with Gasteiger partial charge in [-0.25, -0.2) is 0 Å². The van der Waals surface area contributed by atoms with Gasteiger partial charge in [-0.1, -0.05) is 0 Å². The van der Waals surface area contributed by atoms with Gasteiger partial charge in [0.25, 0.3) is 0 Å². The van der Waals surface area contributed by atoms with E-state index in [1.165, 1.54) is 0 Å². The van der Waals surface area contributed by atoms with Crippen molar-refractivity contribution >= 4 is 5.84 Å². The Bertz CT molecular complexity index is 166. The fourth-order valence-electron chi connectivity index (χ4n) is 2.23. The Balaban J connectivity index is 2.18. The Morgan fingerprint density at radius 3 is 1.91 bits per heavy atom. The van der Waals surface area contributed by atoms with Crippen molar-refractivity contribution in [1.29, 1.82) is 5.41 Å². The summed E-state index contributed by atoms with van der Waals surface area (Å²) in [5.41, 5.74) is 5.71. The molecule has 2 bridgehead atoms. The van der Waals surface area contributed by atoms with Crippen molar-refractivity contribution in [2.24, 2.45) is 11.1 Å². The molecule has 0 aromatic heterocycles. The van der Waals surface area contributed by atoms with Crippen LogP contribution >= 0.6 is 0 Å². The van der Waals surface area contributed by atoms with Gasteiger partial charge in [-0.3, -0.25) is 5.41 Å². The molecule has 0 aliphatic carbocycles. The second-order valence-electron chi connectivity index (χ2n) is 3.79. The van der Waals surface area contributed by atoms with Crippen LogP contribution in [0.2, 0.25) is 0 Å². The van der Waals surface area contributed by atoms with Crippen LogP contribution in [0.1, 0.15) is 19.3 Å². The molecule has 0 aromatic rings. The molecule has 0 spiro atoms. The SMILES string of the molecule is N=C(N)C12CCN(CC1)CC2. The standard InChI is InChI=1S/C8H15N3/c9-7(10)8-1-4-11(5-2-8)6-3-8/h1-6H2,(H3,9,10). The number of amidine groups is 1. The predicted molar refractivity (Wildman–Crippen MR) is 44.6 cm³/mol. The number of fused-ring (bicyclic) bond motifs is 3. The quantitative estimate of drug-likeness (QED) is 0.423. The lowest BCUT2D eigenvalue weighted by atomic mass is 9.71. The van der Waals surface area contributed by atoms with Gasteiger partial charge in [-0.05, 0) is 38.9 Å². The Morgan fingerprint density at radius 2 is 1.64 bits per heavy atom. The minimum atomic E-state index is 0.106. The van der Waals surface area contributed by atoms with Gasteiger partial charge in [0.05, 0.1) is 5.84 Å². The van der Waals surface area contributed by atoms with Crippen LogP contribution in [0.15, 0.2) is 0 Å². The Kier molecular flexibility index (Phi) is 1.42. The first-order valence-corrected chi connectivity index (χ1v) is 4.30. The van der Waals surface area contributed by atoms with Crippen LogP contribution in [0.3, 0.4) is 0 Å². The summed E-state index contributed by atoms with van der Waals surface area (Å²) in [6.07, 6.45) is 3.34. The van der Waals surface area contributed by atoms with Crippen LogP contribution in [0, 0.1) is 10.8 Å². The number of nitrogens with one attached hydrogen (secondary N) is 1. The van der Waals surface area contributed by atoms with Crippen molar-refractivity contribution in [3.05, 3.63) is 0 Å². The third kappa shape index (κ3) is 0.948. The molecular formula is C8H15N3. The molecule has 3 aliphatic heterocycles. The van der Waals surface area contributed by atoms with Crippen LogP contribution in [0.4, 0.5) is 0 Å². The smallest absolute Gasteiger partial charge is 0.0970 e. The van der Waals surface area contributed by atoms with Crippen molar-refractivity contribution in [3.63, 3.8) is 0 Å². The lowest BCUT2D eigenvalue weighted by Gasteiger charge is -2.47. The molecular weight excluding hydrogens is 138 g/mol. The monoisotopic (exact) mass is 153 g/mol. The fraction of sp³-hybridized carbons (Fsp3) is 0.875. The summed E-state index contributed by atoms with van der Waals surface area (Å²) in [7, 11) is 0. The normalized spacial score (nSPS) is 42.4. The first-order chi connectivity index (χ1) is 5.23. The lowest BCUT2D eigenvalue weighted by molar-refractivity contribution is 0.0734. The fourth-order valence-corrected chi connectivity index (χ4v) is 2.23. The van der Waals surface area contributed by atoms with E-state index in [2.05, 4.69) is 4.90 Å². The van der Waals surface area contributed by atoms with Gasteiger partial charge in [0.2, 0.25) is 0 Å². The zero-order chi connectivity index (χ0) is 7.90. The van der Waals surface area contributed by atoms with E-state index in [1.54, 1.807) is 0 Å². The lowest BCUT2D eigenvalue weighted by Crippen LogP contribution is -2.53. The van der Waals surface area contributed by atoms with E-state index in [0.29, 0.717) is 5.84 Å². The molecule has 3 nitrogen and oxygen atoms in total. The number of rotatable bonds is 1. The summed E-state index contributed by atoms with van der Waals surface area (Å²) < 4.78 is 0. The maximum absolute atomic E-state index is 7.52. The molecule has 3 N–H and O–H groups in total. The molecule has 0 unspecified atom stereocenters. The minimum absolute atomic E-state index is 0.106. The molecule has 0 saturated carbocycles. The van der Waals surface area contributed by atoms with Crippen molar-refractivity contribution in [2.75, 3.05) is 19.6 Å². The van der Waals surface area contributed by atoms with E-state index in [0.717, 1.165) is 38.9 Å². The molecule has 3 heterocycles. The molecule has 3 rings (SSSR count). The van der Waals surface area contributed by atoms with E-state index in [4.69, 9.17) is 11.1 Å². The largest absolute Gasteiger partial charge is 0.387 e. The molecule has 3 saturated heterocycles. The van der Waals surface area contributed by atoms with Gasteiger partial charge in [0, 0.05) is 5.41 Å². The average molecular weight is 153 g/mol. The Hall–Kier alpha value is -0.570. The Morgan fingerprint density at radius 1 is 1.18 bits per heavy atom. The van der Waals surface area contributed by atoms with Gasteiger partial charge in [0.1, 0.15) is 0 Å². The van der Waals surface area contributed by atoms with E-state index in [-0.39, 0.29) is 5.41 Å². The maximum Gasteiger partial charge on any atom is 0.0970 e. The minimum Gasteiger partial charge on any atom is -0.387 e. The number of piperidine rings is 3. The van der Waals surface area contributed by atoms with E-state index >= 15 is 0 Å². The molecule has 0 amide bonds. The number of nitrogens with two attached hydrogens (primary N) is 1. The van der Waals surface area contributed by atoms with Gasteiger partial charge in [-0.15, -0.1) is 0 Å². The highest BCUT2D eigenvalue weighted by Crippen LogP contribution is 2.39. The zero-order valence-electron chi connectivity index (χ0n) is 6.77. The summed E-state index contributed by atoms with van der Waals surface area (Å²) in [5.74, 6) is 0.428. The summed E-state index contributed by atoms with van der Waals surface area (Å²) in [6, 6.07) is 0. The first-order valence-electron chi connectivity index (χ1n) is 4.30. The van der Waals surface area contributed by atoms with Crippen molar-refractivity contribution < 1.29 is 0 Å². The molecule has 3 heteroatoms. The van der Waals surface area contributed by atoms with Crippen LogP contribution < -0.4 is 5.73 Å². The second-order valence-corrected chi connectivity index (χ2v) is 3.79. The number of hydrogen-bond acceptors (Lipinski definition) is 2. The van der Waals surface area contributed by atoms with E-state index in [9.17, 15) is 0 Å². The van der Waals surface area contributed by atoms with Crippen LogP contribution in [-0.4, -0.2) is 30.4 Å². The summed E-state index contributed by atoms with van der Waals surface area (Å²) in [6.45, 7) is 3.46. The van der Waals surface area contributed by atoms with E-state index in [1.807, 2.05) is 0 Å². The van der Waals surface area contributed by atoms with E-state index < -0.39 is 0 Å². The molecule has 3 fully saturated rings. The van der Waals surface area contributed by atoms with Gasteiger partial charge in [0.15, 0.2) is 0 Å². The first kappa shape index (κ1) is 7.10. The van der Waals surface area contributed by atoms with Crippen LogP contribution in [0.25, 0.3) is 0 Å². The highest BCUT2D eigenvalue weighted by molar-refractivity contribution is 5.83. The summed E-state index contributed by atoms with van der Waals surface area (Å²) in [5, 5.41) is 7.52. The van der Waals surface area contributed by atoms with Crippen LogP contribution in [-0.2, 0) is 0 Å². The molecule has 3 aliphatic rings. The zero-order valence-corrected chi connectivity index (χ0v) is 6.77. The molecule has 0 radical (unpaired) electrons. The third-order valence-electron chi connectivity index (χ3n) is 3.29. The number of hydrogen-bond donors (Lipinski definition) is 2. The average Bonchev–Trinajstić information content (AvgIpc) is 2.08. The highest BCUT2D eigenvalue weighted by atomic mass is 15.2. The summed E-state index contributed by atoms with van der Waals surface area (Å²) >= 11 is 0. The summed E-state index contributed by atoms with van der Waals surface area (Å²) in [4.78, 5) is 2.46. The second kappa shape index (κ2) is 2.21. The van der Waals surface area contributed by atoms with Crippen molar-refractivity contribution in [2.45, 2.75) is 19.3 Å².